The zero-order valence-corrected chi connectivity index (χ0v) is 14.3. The zero-order chi connectivity index (χ0) is 17.6. The maximum absolute atomic E-state index is 9.93. The highest BCUT2D eigenvalue weighted by Gasteiger charge is 2.44. The van der Waals surface area contributed by atoms with E-state index in [0.717, 1.165) is 22.3 Å². The Kier molecular flexibility index (Phi) is 4.15. The van der Waals surface area contributed by atoms with Crippen LogP contribution in [0.15, 0.2) is 36.4 Å². The smallest absolute Gasteiger partial charge is 0.121 e. The lowest BCUT2D eigenvalue weighted by Gasteiger charge is -2.04. The maximum atomic E-state index is 9.93. The van der Waals surface area contributed by atoms with Gasteiger partial charge in [0, 0.05) is 11.1 Å². The van der Waals surface area contributed by atoms with Gasteiger partial charge >= 0.3 is 0 Å². The Morgan fingerprint density at radius 1 is 0.800 bits per heavy atom. The van der Waals surface area contributed by atoms with E-state index in [2.05, 4.69) is 0 Å². The van der Waals surface area contributed by atoms with Crippen molar-refractivity contribution in [3.8, 4) is 11.5 Å². The van der Waals surface area contributed by atoms with Gasteiger partial charge in [0.2, 0.25) is 0 Å². The summed E-state index contributed by atoms with van der Waals surface area (Å²) in [6, 6.07) is 11.0. The van der Waals surface area contributed by atoms with Gasteiger partial charge in [-0.05, 0) is 38.1 Å². The van der Waals surface area contributed by atoms with Crippen LogP contribution in [0.25, 0.3) is 0 Å². The molecule has 0 spiro atoms. The number of hydrogen-bond donors (Lipinski definition) is 2. The lowest BCUT2D eigenvalue weighted by molar-refractivity contribution is 0.102. The average molecular weight is 342 g/mol. The quantitative estimate of drug-likeness (QED) is 0.788. The summed E-state index contributed by atoms with van der Waals surface area (Å²) in [6.07, 6.45) is -0.261. The summed E-state index contributed by atoms with van der Waals surface area (Å²) in [7, 11) is 0. The van der Waals surface area contributed by atoms with Crippen LogP contribution < -0.4 is 0 Å². The molecule has 2 heterocycles. The molecule has 4 unspecified atom stereocenters. The number of aromatic hydroxyl groups is 2. The van der Waals surface area contributed by atoms with Crippen molar-refractivity contribution in [3.63, 3.8) is 0 Å². The molecule has 2 aromatic carbocycles. The van der Waals surface area contributed by atoms with Gasteiger partial charge in [0.15, 0.2) is 0 Å². The van der Waals surface area contributed by atoms with E-state index in [-0.39, 0.29) is 35.9 Å². The second-order valence-corrected chi connectivity index (χ2v) is 6.85. The summed E-state index contributed by atoms with van der Waals surface area (Å²) >= 11 is 0. The molecule has 2 fully saturated rings. The van der Waals surface area contributed by atoms with Gasteiger partial charge in [0.05, 0.1) is 13.2 Å². The molecule has 2 aromatic rings. The number of ether oxygens (including phenoxy) is 3. The van der Waals surface area contributed by atoms with E-state index in [1.807, 2.05) is 38.1 Å². The fraction of sp³-hybridized carbons (Fsp3) is 0.400. The lowest BCUT2D eigenvalue weighted by atomic mass is 10.1. The fourth-order valence-corrected chi connectivity index (χ4v) is 3.19. The molecule has 2 aliphatic rings. The Hall–Kier alpha value is -2.08. The molecule has 2 saturated heterocycles. The van der Waals surface area contributed by atoms with Gasteiger partial charge in [-0.1, -0.05) is 23.3 Å². The predicted octanol–water partition coefficient (Wildman–Crippen LogP) is 3.31. The number of epoxide rings is 2. The molecule has 0 bridgehead atoms. The minimum atomic E-state index is -0.100. The zero-order valence-electron chi connectivity index (χ0n) is 14.3. The van der Waals surface area contributed by atoms with Crippen molar-refractivity contribution in [3.05, 3.63) is 58.7 Å². The van der Waals surface area contributed by atoms with Gasteiger partial charge in [-0.3, -0.25) is 0 Å². The van der Waals surface area contributed by atoms with Crippen LogP contribution in [0, 0.1) is 13.8 Å². The van der Waals surface area contributed by atoms with Crippen LogP contribution in [0.5, 0.6) is 11.5 Å². The van der Waals surface area contributed by atoms with Crippen LogP contribution in [0.4, 0.5) is 0 Å². The number of hydrogen-bond acceptors (Lipinski definition) is 5. The molecular formula is C20H22O5. The van der Waals surface area contributed by atoms with Crippen molar-refractivity contribution in [2.75, 3.05) is 13.2 Å². The van der Waals surface area contributed by atoms with Gasteiger partial charge in [0.25, 0.3) is 0 Å². The number of aryl methyl sites for hydroxylation is 2. The molecule has 0 aliphatic carbocycles. The first-order valence-corrected chi connectivity index (χ1v) is 8.50. The summed E-state index contributed by atoms with van der Waals surface area (Å²) in [5.74, 6) is 0.525. The lowest BCUT2D eigenvalue weighted by Crippen LogP contribution is -2.08. The molecule has 25 heavy (non-hydrogen) atoms. The van der Waals surface area contributed by atoms with Crippen LogP contribution >= 0.6 is 0 Å². The van der Waals surface area contributed by atoms with Crippen molar-refractivity contribution in [1.82, 2.24) is 0 Å². The second-order valence-electron chi connectivity index (χ2n) is 6.85. The van der Waals surface area contributed by atoms with E-state index in [0.29, 0.717) is 13.2 Å². The van der Waals surface area contributed by atoms with E-state index >= 15 is 0 Å². The summed E-state index contributed by atoms with van der Waals surface area (Å²) in [6.45, 7) is 4.90. The molecular weight excluding hydrogens is 320 g/mol. The van der Waals surface area contributed by atoms with Crippen molar-refractivity contribution >= 4 is 0 Å². The number of rotatable bonds is 6. The fourth-order valence-electron chi connectivity index (χ4n) is 3.19. The second kappa shape index (κ2) is 6.33. The van der Waals surface area contributed by atoms with Crippen LogP contribution in [0.1, 0.15) is 34.5 Å². The van der Waals surface area contributed by atoms with Crippen molar-refractivity contribution in [1.29, 1.82) is 0 Å². The molecule has 0 radical (unpaired) electrons. The maximum Gasteiger partial charge on any atom is 0.121 e. The van der Waals surface area contributed by atoms with Crippen molar-refractivity contribution in [2.45, 2.75) is 38.3 Å². The van der Waals surface area contributed by atoms with Crippen LogP contribution in [-0.4, -0.2) is 35.6 Å². The van der Waals surface area contributed by atoms with E-state index in [1.54, 1.807) is 12.1 Å². The topological polar surface area (TPSA) is 74.8 Å². The normalized spacial score (nSPS) is 27.3. The number of benzene rings is 2. The molecule has 0 saturated carbocycles. The SMILES string of the molecule is Cc1ccc(O)c(C2OC2COCC2OC2c2cc(C)ccc2O)c1. The standard InChI is InChI=1S/C20H22O5/c1-11-3-5-15(21)13(7-11)19-17(24-19)9-23-10-18-20(25-18)14-8-12(2)4-6-16(14)22/h3-8,17-22H,9-10H2,1-2H3. The van der Waals surface area contributed by atoms with E-state index in [1.165, 1.54) is 0 Å². The molecule has 2 aliphatic heterocycles. The highest BCUT2D eigenvalue weighted by atomic mass is 16.6. The summed E-state index contributed by atoms with van der Waals surface area (Å²) in [4.78, 5) is 0. The van der Waals surface area contributed by atoms with E-state index in [9.17, 15) is 10.2 Å². The molecule has 5 nitrogen and oxygen atoms in total. The Labute approximate surface area is 146 Å². The van der Waals surface area contributed by atoms with Gasteiger partial charge in [-0.15, -0.1) is 0 Å². The minimum Gasteiger partial charge on any atom is -0.508 e. The summed E-state index contributed by atoms with van der Waals surface area (Å²) < 4.78 is 17.0. The van der Waals surface area contributed by atoms with Gasteiger partial charge in [-0.25, -0.2) is 0 Å². The first-order chi connectivity index (χ1) is 12.0. The molecule has 4 atom stereocenters. The third-order valence-corrected chi connectivity index (χ3v) is 4.71. The monoisotopic (exact) mass is 342 g/mol. The Morgan fingerprint density at radius 2 is 1.24 bits per heavy atom. The van der Waals surface area contributed by atoms with Crippen molar-refractivity contribution < 1.29 is 24.4 Å². The molecule has 4 rings (SSSR count). The summed E-state index contributed by atoms with van der Waals surface area (Å²) in [5, 5.41) is 19.9. The third-order valence-electron chi connectivity index (χ3n) is 4.71. The van der Waals surface area contributed by atoms with Gasteiger partial charge in [-0.2, -0.15) is 0 Å². The predicted molar refractivity (Wildman–Crippen MR) is 91.7 cm³/mol. The average Bonchev–Trinajstić information content (AvgIpc) is 3.49. The van der Waals surface area contributed by atoms with E-state index in [4.69, 9.17) is 14.2 Å². The summed E-state index contributed by atoms with van der Waals surface area (Å²) in [5.41, 5.74) is 3.82. The first-order valence-electron chi connectivity index (χ1n) is 8.50. The Morgan fingerprint density at radius 3 is 1.68 bits per heavy atom. The van der Waals surface area contributed by atoms with E-state index < -0.39 is 0 Å². The highest BCUT2D eigenvalue weighted by Crippen LogP contribution is 2.45. The Balaban J connectivity index is 1.25. The third kappa shape index (κ3) is 3.49. The van der Waals surface area contributed by atoms with Gasteiger partial charge < -0.3 is 24.4 Å². The highest BCUT2D eigenvalue weighted by molar-refractivity contribution is 5.40. The molecule has 132 valence electrons. The molecule has 5 heteroatoms. The van der Waals surface area contributed by atoms with Crippen LogP contribution in [0.3, 0.4) is 0 Å². The Bertz CT molecular complexity index is 722. The van der Waals surface area contributed by atoms with Crippen LogP contribution in [0.2, 0.25) is 0 Å². The van der Waals surface area contributed by atoms with Gasteiger partial charge in [0.1, 0.15) is 35.9 Å². The molecule has 0 aromatic heterocycles. The van der Waals surface area contributed by atoms with Crippen LogP contribution in [-0.2, 0) is 14.2 Å². The largest absolute Gasteiger partial charge is 0.508 e. The first kappa shape index (κ1) is 16.4. The van der Waals surface area contributed by atoms with Crippen molar-refractivity contribution in [2.24, 2.45) is 0 Å². The minimum absolute atomic E-state index is 0.0303. The molecule has 2 N–H and O–H groups in total. The number of phenolic OH excluding ortho intramolecular Hbond substituents is 2. The number of phenols is 2. The molecule has 0 amide bonds.